The Morgan fingerprint density at radius 3 is 2.61 bits per heavy atom. The van der Waals surface area contributed by atoms with Crippen molar-refractivity contribution in [3.05, 3.63) is 41.9 Å². The lowest BCUT2D eigenvalue weighted by Crippen LogP contribution is -2.44. The van der Waals surface area contributed by atoms with Crippen molar-refractivity contribution in [2.45, 2.75) is 25.3 Å². The molecule has 0 aromatic heterocycles. The zero-order valence-corrected chi connectivity index (χ0v) is 11.5. The number of nitrogens with one attached hydrogen (secondary N) is 1. The Morgan fingerprint density at radius 2 is 2.11 bits per heavy atom. The zero-order chi connectivity index (χ0) is 13.6. The fourth-order valence-corrected chi connectivity index (χ4v) is 1.81. The summed E-state index contributed by atoms with van der Waals surface area (Å²) in [6, 6.07) is 7.21. The molecule has 0 fully saturated rings. The summed E-state index contributed by atoms with van der Waals surface area (Å²) in [5.41, 5.74) is 0.0629. The van der Waals surface area contributed by atoms with Crippen LogP contribution in [0.25, 0.3) is 0 Å². The van der Waals surface area contributed by atoms with E-state index in [1.165, 1.54) is 7.11 Å². The van der Waals surface area contributed by atoms with Gasteiger partial charge in [-0.2, -0.15) is 0 Å². The third-order valence-corrected chi connectivity index (χ3v) is 3.00. The zero-order valence-electron chi connectivity index (χ0n) is 10.7. The molecule has 0 heterocycles. The maximum atomic E-state index is 11.9. The summed E-state index contributed by atoms with van der Waals surface area (Å²) < 4.78 is 4.85. The predicted molar refractivity (Wildman–Crippen MR) is 74.9 cm³/mol. The summed E-state index contributed by atoms with van der Waals surface area (Å²) in [5, 5.41) is 3.85. The van der Waals surface area contributed by atoms with Gasteiger partial charge < -0.3 is 10.1 Å². The summed E-state index contributed by atoms with van der Waals surface area (Å²) in [6.45, 7) is 5.49. The lowest BCUT2D eigenvalue weighted by atomic mass is 9.95. The highest BCUT2D eigenvalue weighted by atomic mass is 35.5. The number of benzene rings is 1. The standard InChI is InChI=1S/C14H18ClNO2/c1-4-5-10-14(2,13(17)18-3)16-12-8-6-11(15)7-9-12/h4,6-9,16H,1,5,10H2,2-3H3. The second-order valence-corrected chi connectivity index (χ2v) is 4.72. The maximum Gasteiger partial charge on any atom is 0.331 e. The Hall–Kier alpha value is -1.48. The number of rotatable bonds is 6. The van der Waals surface area contributed by atoms with Crippen molar-refractivity contribution in [3.63, 3.8) is 0 Å². The van der Waals surface area contributed by atoms with E-state index in [0.717, 1.165) is 12.1 Å². The van der Waals surface area contributed by atoms with Crippen LogP contribution in [0.4, 0.5) is 5.69 Å². The van der Waals surface area contributed by atoms with E-state index in [9.17, 15) is 4.79 Å². The van der Waals surface area contributed by atoms with Gasteiger partial charge in [0.1, 0.15) is 5.54 Å². The van der Waals surface area contributed by atoms with Crippen LogP contribution < -0.4 is 5.32 Å². The molecular weight excluding hydrogens is 250 g/mol. The molecule has 1 rings (SSSR count). The van der Waals surface area contributed by atoms with Gasteiger partial charge in [-0.05, 0) is 44.0 Å². The van der Waals surface area contributed by atoms with Crippen LogP contribution in [0, 0.1) is 0 Å². The van der Waals surface area contributed by atoms with Crippen molar-refractivity contribution in [1.82, 2.24) is 0 Å². The number of hydrogen-bond donors (Lipinski definition) is 1. The average molecular weight is 268 g/mol. The molecule has 1 N–H and O–H groups in total. The van der Waals surface area contributed by atoms with E-state index < -0.39 is 5.54 Å². The SMILES string of the molecule is C=CCCC(C)(Nc1ccc(Cl)cc1)C(=O)OC. The molecule has 0 amide bonds. The smallest absolute Gasteiger partial charge is 0.331 e. The number of carbonyl (C=O) groups excluding carboxylic acids is 1. The summed E-state index contributed by atoms with van der Waals surface area (Å²) in [7, 11) is 1.39. The Morgan fingerprint density at radius 1 is 1.50 bits per heavy atom. The van der Waals surface area contributed by atoms with E-state index in [1.807, 2.05) is 19.1 Å². The molecular formula is C14H18ClNO2. The highest BCUT2D eigenvalue weighted by Gasteiger charge is 2.33. The van der Waals surface area contributed by atoms with Crippen molar-refractivity contribution in [3.8, 4) is 0 Å². The first-order valence-corrected chi connectivity index (χ1v) is 6.12. The highest BCUT2D eigenvalue weighted by Crippen LogP contribution is 2.23. The summed E-state index contributed by atoms with van der Waals surface area (Å²) in [6.07, 6.45) is 3.13. The molecule has 0 saturated carbocycles. The molecule has 98 valence electrons. The van der Waals surface area contributed by atoms with E-state index in [-0.39, 0.29) is 5.97 Å². The monoisotopic (exact) mass is 267 g/mol. The van der Waals surface area contributed by atoms with Gasteiger partial charge in [0.15, 0.2) is 0 Å². The quantitative estimate of drug-likeness (QED) is 0.632. The number of esters is 1. The normalized spacial score (nSPS) is 13.5. The first-order valence-electron chi connectivity index (χ1n) is 5.75. The van der Waals surface area contributed by atoms with E-state index >= 15 is 0 Å². The van der Waals surface area contributed by atoms with Gasteiger partial charge in [0.25, 0.3) is 0 Å². The first kappa shape index (κ1) is 14.6. The predicted octanol–water partition coefficient (Wildman–Crippen LogP) is 3.65. The lowest BCUT2D eigenvalue weighted by Gasteiger charge is -2.28. The van der Waals surface area contributed by atoms with Crippen molar-refractivity contribution in [2.75, 3.05) is 12.4 Å². The van der Waals surface area contributed by atoms with E-state index in [2.05, 4.69) is 11.9 Å². The van der Waals surface area contributed by atoms with Crippen LogP contribution in [-0.4, -0.2) is 18.6 Å². The highest BCUT2D eigenvalue weighted by molar-refractivity contribution is 6.30. The minimum atomic E-state index is -0.767. The van der Waals surface area contributed by atoms with Crippen molar-refractivity contribution >= 4 is 23.3 Å². The van der Waals surface area contributed by atoms with Gasteiger partial charge in [-0.3, -0.25) is 0 Å². The van der Waals surface area contributed by atoms with E-state index in [4.69, 9.17) is 16.3 Å². The average Bonchev–Trinajstić information content (AvgIpc) is 2.38. The van der Waals surface area contributed by atoms with Gasteiger partial charge in [0.2, 0.25) is 0 Å². The van der Waals surface area contributed by atoms with Crippen molar-refractivity contribution in [1.29, 1.82) is 0 Å². The maximum absolute atomic E-state index is 11.9. The number of methoxy groups -OCH3 is 1. The number of hydrogen-bond acceptors (Lipinski definition) is 3. The van der Waals surface area contributed by atoms with Crippen molar-refractivity contribution < 1.29 is 9.53 Å². The van der Waals surface area contributed by atoms with Gasteiger partial charge in [0.05, 0.1) is 7.11 Å². The Bertz CT molecular complexity index is 416. The van der Waals surface area contributed by atoms with Gasteiger partial charge in [-0.1, -0.05) is 17.7 Å². The molecule has 1 unspecified atom stereocenters. The molecule has 0 radical (unpaired) electrons. The molecule has 0 aliphatic heterocycles. The Labute approximate surface area is 113 Å². The largest absolute Gasteiger partial charge is 0.467 e. The molecule has 1 aromatic rings. The summed E-state index contributed by atoms with van der Waals surface area (Å²) in [4.78, 5) is 11.9. The van der Waals surface area contributed by atoms with Crippen LogP contribution in [0.3, 0.4) is 0 Å². The summed E-state index contributed by atoms with van der Waals surface area (Å²) in [5.74, 6) is -0.292. The van der Waals surface area contributed by atoms with E-state index in [0.29, 0.717) is 11.4 Å². The Kier molecular flexibility index (Phi) is 5.23. The van der Waals surface area contributed by atoms with Crippen molar-refractivity contribution in [2.24, 2.45) is 0 Å². The van der Waals surface area contributed by atoms with Gasteiger partial charge in [-0.25, -0.2) is 4.79 Å². The molecule has 0 aliphatic rings. The molecule has 1 aromatic carbocycles. The van der Waals surface area contributed by atoms with E-state index in [1.54, 1.807) is 18.2 Å². The fraction of sp³-hybridized carbons (Fsp3) is 0.357. The number of ether oxygens (including phenoxy) is 1. The van der Waals surface area contributed by atoms with Crippen LogP contribution in [0.5, 0.6) is 0 Å². The number of anilines is 1. The molecule has 18 heavy (non-hydrogen) atoms. The lowest BCUT2D eigenvalue weighted by molar-refractivity contribution is -0.145. The third-order valence-electron chi connectivity index (χ3n) is 2.75. The second kappa shape index (κ2) is 6.45. The molecule has 3 nitrogen and oxygen atoms in total. The van der Waals surface area contributed by atoms with Gasteiger partial charge >= 0.3 is 5.97 Å². The molecule has 0 saturated heterocycles. The minimum absolute atomic E-state index is 0.292. The van der Waals surface area contributed by atoms with Gasteiger partial charge in [-0.15, -0.1) is 6.58 Å². The van der Waals surface area contributed by atoms with Crippen LogP contribution >= 0.6 is 11.6 Å². The van der Waals surface area contributed by atoms with Crippen LogP contribution in [0.1, 0.15) is 19.8 Å². The Balaban J connectivity index is 2.86. The molecule has 1 atom stereocenters. The summed E-state index contributed by atoms with van der Waals surface area (Å²) >= 11 is 5.82. The van der Waals surface area contributed by atoms with Crippen LogP contribution in [-0.2, 0) is 9.53 Å². The molecule has 4 heteroatoms. The molecule has 0 spiro atoms. The fourth-order valence-electron chi connectivity index (χ4n) is 1.68. The van der Waals surface area contributed by atoms with Crippen LogP contribution in [0.15, 0.2) is 36.9 Å². The topological polar surface area (TPSA) is 38.3 Å². The minimum Gasteiger partial charge on any atom is -0.467 e. The molecule has 0 aliphatic carbocycles. The number of carbonyl (C=O) groups is 1. The van der Waals surface area contributed by atoms with Crippen LogP contribution in [0.2, 0.25) is 5.02 Å². The number of allylic oxidation sites excluding steroid dienone is 1. The second-order valence-electron chi connectivity index (χ2n) is 4.28. The third kappa shape index (κ3) is 3.77. The molecule has 0 bridgehead atoms. The van der Waals surface area contributed by atoms with Gasteiger partial charge in [0, 0.05) is 10.7 Å². The first-order chi connectivity index (χ1) is 8.51. The number of halogens is 1.